The third-order valence-electron chi connectivity index (χ3n) is 3.49. The van der Waals surface area contributed by atoms with Gasteiger partial charge in [0.05, 0.1) is 24.4 Å². The van der Waals surface area contributed by atoms with Crippen molar-refractivity contribution in [2.24, 2.45) is 0 Å². The number of urea groups is 1. The predicted octanol–water partition coefficient (Wildman–Crippen LogP) is 2.35. The number of nitrogens with zero attached hydrogens (tertiary/aromatic N) is 2. The van der Waals surface area contributed by atoms with E-state index >= 15 is 0 Å². The van der Waals surface area contributed by atoms with E-state index in [0.717, 1.165) is 18.5 Å². The highest BCUT2D eigenvalue weighted by atomic mass is 16.5. The summed E-state index contributed by atoms with van der Waals surface area (Å²) in [5, 5.41) is 2.99. The number of rotatable bonds is 6. The van der Waals surface area contributed by atoms with E-state index in [-0.39, 0.29) is 18.1 Å². The molecule has 1 aromatic rings. The van der Waals surface area contributed by atoms with Crippen molar-refractivity contribution in [1.82, 2.24) is 15.2 Å². The van der Waals surface area contributed by atoms with Crippen molar-refractivity contribution in [2.45, 2.75) is 44.8 Å². The number of aromatic nitrogens is 1. The molecule has 0 saturated heterocycles. The Bertz CT molecular complexity index is 434. The molecule has 20 heavy (non-hydrogen) atoms. The molecule has 110 valence electrons. The molecule has 5 heteroatoms. The van der Waals surface area contributed by atoms with Crippen LogP contribution in [0.1, 0.15) is 38.4 Å². The van der Waals surface area contributed by atoms with Gasteiger partial charge in [0.15, 0.2) is 0 Å². The van der Waals surface area contributed by atoms with Gasteiger partial charge in [-0.1, -0.05) is 6.07 Å². The Morgan fingerprint density at radius 3 is 2.80 bits per heavy atom. The largest absolute Gasteiger partial charge is 0.383 e. The summed E-state index contributed by atoms with van der Waals surface area (Å²) >= 11 is 0. The van der Waals surface area contributed by atoms with Crippen molar-refractivity contribution in [3.05, 3.63) is 30.1 Å². The van der Waals surface area contributed by atoms with Gasteiger partial charge in [-0.3, -0.25) is 4.98 Å². The Hall–Kier alpha value is -1.62. The van der Waals surface area contributed by atoms with E-state index in [0.29, 0.717) is 12.6 Å². The molecular weight excluding hydrogens is 254 g/mol. The van der Waals surface area contributed by atoms with E-state index in [1.54, 1.807) is 13.3 Å². The van der Waals surface area contributed by atoms with Crippen molar-refractivity contribution in [1.29, 1.82) is 0 Å². The number of hydrogen-bond donors (Lipinski definition) is 1. The zero-order valence-corrected chi connectivity index (χ0v) is 12.4. The summed E-state index contributed by atoms with van der Waals surface area (Å²) < 4.78 is 5.06. The summed E-state index contributed by atoms with van der Waals surface area (Å²) in [6.45, 7) is 4.49. The lowest BCUT2D eigenvalue weighted by Gasteiger charge is -2.30. The summed E-state index contributed by atoms with van der Waals surface area (Å²) in [6.07, 6.45) is 3.91. The van der Waals surface area contributed by atoms with Crippen molar-refractivity contribution >= 4 is 6.03 Å². The highest BCUT2D eigenvalue weighted by molar-refractivity contribution is 5.75. The highest BCUT2D eigenvalue weighted by Crippen LogP contribution is 2.33. The van der Waals surface area contributed by atoms with Crippen LogP contribution in [0.25, 0.3) is 0 Å². The lowest BCUT2D eigenvalue weighted by molar-refractivity contribution is 0.148. The van der Waals surface area contributed by atoms with E-state index in [1.165, 1.54) is 0 Å². The second kappa shape index (κ2) is 6.70. The van der Waals surface area contributed by atoms with Gasteiger partial charge in [-0.2, -0.15) is 0 Å². The van der Waals surface area contributed by atoms with Gasteiger partial charge in [0.1, 0.15) is 0 Å². The Balaban J connectivity index is 2.05. The van der Waals surface area contributed by atoms with Crippen LogP contribution in [0.3, 0.4) is 0 Å². The van der Waals surface area contributed by atoms with E-state index in [9.17, 15) is 4.79 Å². The molecule has 5 nitrogen and oxygen atoms in total. The van der Waals surface area contributed by atoms with Crippen LogP contribution in [0.2, 0.25) is 0 Å². The van der Waals surface area contributed by atoms with Crippen LogP contribution < -0.4 is 5.32 Å². The molecule has 2 amide bonds. The fourth-order valence-electron chi connectivity index (χ4n) is 2.35. The average molecular weight is 277 g/mol. The summed E-state index contributed by atoms with van der Waals surface area (Å²) in [4.78, 5) is 18.7. The lowest BCUT2D eigenvalue weighted by Crippen LogP contribution is -2.47. The lowest BCUT2D eigenvalue weighted by atomic mass is 10.2. The number of pyridine rings is 1. The molecule has 0 unspecified atom stereocenters. The smallest absolute Gasteiger partial charge is 0.318 e. The second-order valence-electron chi connectivity index (χ2n) is 5.37. The normalized spacial score (nSPS) is 17.4. The van der Waals surface area contributed by atoms with Crippen LogP contribution in [0.4, 0.5) is 4.79 Å². The van der Waals surface area contributed by atoms with Crippen molar-refractivity contribution in [2.75, 3.05) is 13.7 Å². The molecule has 0 spiro atoms. The molecule has 0 bridgehead atoms. The standard InChI is InChI=1S/C15H23N3O2/c1-11(10-20-3)17-15(19)18(13-7-8-13)12(2)14-6-4-5-9-16-14/h4-6,9,11-13H,7-8,10H2,1-3H3,(H,17,19)/t11-,12+/m1/s1. The second-order valence-corrected chi connectivity index (χ2v) is 5.37. The van der Waals surface area contributed by atoms with Crippen LogP contribution in [0.15, 0.2) is 24.4 Å². The van der Waals surface area contributed by atoms with Gasteiger partial charge in [-0.05, 0) is 38.8 Å². The molecule has 0 aromatic carbocycles. The third kappa shape index (κ3) is 3.70. The molecule has 2 rings (SSSR count). The van der Waals surface area contributed by atoms with Crippen LogP contribution in [0, 0.1) is 0 Å². The molecule has 1 fully saturated rings. The SMILES string of the molecule is COC[C@@H](C)NC(=O)N(C1CC1)[C@@H](C)c1ccccn1. The zero-order valence-electron chi connectivity index (χ0n) is 12.4. The van der Waals surface area contributed by atoms with Crippen molar-refractivity contribution in [3.63, 3.8) is 0 Å². The fraction of sp³-hybridized carbons (Fsp3) is 0.600. The number of carbonyl (C=O) groups is 1. The number of methoxy groups -OCH3 is 1. The molecule has 1 saturated carbocycles. The summed E-state index contributed by atoms with van der Waals surface area (Å²) in [5.74, 6) is 0. The summed E-state index contributed by atoms with van der Waals surface area (Å²) in [7, 11) is 1.64. The number of ether oxygens (including phenoxy) is 1. The number of amides is 2. The number of nitrogens with one attached hydrogen (secondary N) is 1. The van der Waals surface area contributed by atoms with Gasteiger partial charge < -0.3 is 15.0 Å². The van der Waals surface area contributed by atoms with Gasteiger partial charge >= 0.3 is 6.03 Å². The summed E-state index contributed by atoms with van der Waals surface area (Å²) in [6, 6.07) is 6.10. The number of carbonyl (C=O) groups excluding carboxylic acids is 1. The minimum Gasteiger partial charge on any atom is -0.383 e. The first kappa shape index (κ1) is 14.8. The summed E-state index contributed by atoms with van der Waals surface area (Å²) in [5.41, 5.74) is 0.925. The van der Waals surface area contributed by atoms with E-state index in [4.69, 9.17) is 4.74 Å². The first-order chi connectivity index (χ1) is 9.63. The minimum atomic E-state index is -0.0322. The van der Waals surface area contributed by atoms with E-state index < -0.39 is 0 Å². The molecule has 1 aliphatic carbocycles. The topological polar surface area (TPSA) is 54.5 Å². The Labute approximate surface area is 120 Å². The fourth-order valence-corrected chi connectivity index (χ4v) is 2.35. The molecule has 1 aromatic heterocycles. The monoisotopic (exact) mass is 277 g/mol. The van der Waals surface area contributed by atoms with Crippen molar-refractivity contribution in [3.8, 4) is 0 Å². The Kier molecular flexibility index (Phi) is 4.95. The molecule has 1 N–H and O–H groups in total. The first-order valence-electron chi connectivity index (χ1n) is 7.12. The molecule has 2 atom stereocenters. The Morgan fingerprint density at radius 2 is 2.25 bits per heavy atom. The Morgan fingerprint density at radius 1 is 1.50 bits per heavy atom. The third-order valence-corrected chi connectivity index (χ3v) is 3.49. The predicted molar refractivity (Wildman–Crippen MR) is 77.4 cm³/mol. The van der Waals surface area contributed by atoms with E-state index in [2.05, 4.69) is 10.3 Å². The van der Waals surface area contributed by atoms with Gasteiger partial charge in [-0.25, -0.2) is 4.79 Å². The van der Waals surface area contributed by atoms with Gasteiger partial charge in [0.2, 0.25) is 0 Å². The first-order valence-corrected chi connectivity index (χ1v) is 7.12. The maximum Gasteiger partial charge on any atom is 0.318 e. The quantitative estimate of drug-likeness (QED) is 0.868. The number of hydrogen-bond acceptors (Lipinski definition) is 3. The molecular formula is C15H23N3O2. The van der Waals surface area contributed by atoms with Crippen LogP contribution in [-0.4, -0.2) is 41.7 Å². The molecule has 1 heterocycles. The van der Waals surface area contributed by atoms with Gasteiger partial charge in [0.25, 0.3) is 0 Å². The van der Waals surface area contributed by atoms with Crippen molar-refractivity contribution < 1.29 is 9.53 Å². The van der Waals surface area contributed by atoms with Gasteiger partial charge in [-0.15, -0.1) is 0 Å². The van der Waals surface area contributed by atoms with Crippen LogP contribution in [-0.2, 0) is 4.74 Å². The van der Waals surface area contributed by atoms with Crippen LogP contribution >= 0.6 is 0 Å². The van der Waals surface area contributed by atoms with Gasteiger partial charge in [0, 0.05) is 19.3 Å². The molecule has 0 aliphatic heterocycles. The van der Waals surface area contributed by atoms with Crippen LogP contribution in [0.5, 0.6) is 0 Å². The highest BCUT2D eigenvalue weighted by Gasteiger charge is 2.37. The maximum atomic E-state index is 12.5. The molecule has 1 aliphatic rings. The maximum absolute atomic E-state index is 12.5. The zero-order chi connectivity index (χ0) is 14.5. The average Bonchev–Trinajstić information content (AvgIpc) is 3.24. The van der Waals surface area contributed by atoms with E-state index in [1.807, 2.05) is 36.9 Å². The molecule has 0 radical (unpaired) electrons. The minimum absolute atomic E-state index is 0.00434.